The van der Waals surface area contributed by atoms with Crippen LogP contribution in [0.15, 0.2) is 30.3 Å². The molecule has 0 spiro atoms. The van der Waals surface area contributed by atoms with E-state index in [0.29, 0.717) is 0 Å². The van der Waals surface area contributed by atoms with Gasteiger partial charge in [0.05, 0.1) is 5.54 Å². The summed E-state index contributed by atoms with van der Waals surface area (Å²) in [6.07, 6.45) is 13.0. The van der Waals surface area contributed by atoms with Gasteiger partial charge in [0, 0.05) is 38.3 Å². The van der Waals surface area contributed by atoms with E-state index in [9.17, 15) is 0 Å². The highest BCUT2D eigenvalue weighted by Gasteiger charge is 2.37. The molecule has 1 aliphatic heterocycles. The molecule has 26 heavy (non-hydrogen) atoms. The van der Waals surface area contributed by atoms with Gasteiger partial charge in [0.1, 0.15) is 0 Å². The highest BCUT2D eigenvalue weighted by Crippen LogP contribution is 2.34. The lowest BCUT2D eigenvalue weighted by molar-refractivity contribution is 0.0930. The van der Waals surface area contributed by atoms with Crippen molar-refractivity contribution >= 4 is 5.69 Å². The topological polar surface area (TPSA) is 6.48 Å². The number of nitrogens with zero attached hydrogens (tertiary/aromatic N) is 2. The molecule has 1 aromatic carbocycles. The lowest BCUT2D eigenvalue weighted by Gasteiger charge is -2.47. The van der Waals surface area contributed by atoms with Crippen molar-refractivity contribution in [2.75, 3.05) is 31.1 Å². The molecule has 0 aromatic heterocycles. The van der Waals surface area contributed by atoms with Crippen molar-refractivity contribution in [3.63, 3.8) is 0 Å². The van der Waals surface area contributed by atoms with Gasteiger partial charge in [0.2, 0.25) is 0 Å². The molecule has 1 saturated carbocycles. The van der Waals surface area contributed by atoms with Gasteiger partial charge in [-0.15, -0.1) is 5.92 Å². The average molecular weight is 353 g/mol. The minimum absolute atomic E-state index is 0.172. The van der Waals surface area contributed by atoms with Crippen LogP contribution >= 0.6 is 0 Å². The molecule has 0 amide bonds. The molecule has 1 aromatic rings. The van der Waals surface area contributed by atoms with E-state index in [-0.39, 0.29) is 5.54 Å². The number of hydrogen-bond acceptors (Lipinski definition) is 2. The fourth-order valence-corrected chi connectivity index (χ4v) is 4.56. The first kappa shape index (κ1) is 19.3. The number of anilines is 1. The van der Waals surface area contributed by atoms with Crippen molar-refractivity contribution in [3.05, 3.63) is 30.3 Å². The van der Waals surface area contributed by atoms with E-state index in [2.05, 4.69) is 58.9 Å². The molecule has 1 aliphatic carbocycles. The molecule has 142 valence electrons. The molecule has 0 bridgehead atoms. The van der Waals surface area contributed by atoms with Crippen LogP contribution in [0.1, 0.15) is 71.1 Å². The van der Waals surface area contributed by atoms with Crippen LogP contribution in [0, 0.1) is 11.8 Å². The first-order chi connectivity index (χ1) is 12.8. The maximum absolute atomic E-state index is 3.79. The zero-order valence-corrected chi connectivity index (χ0v) is 16.7. The Bertz CT molecular complexity index is 569. The first-order valence-electron chi connectivity index (χ1n) is 10.9. The maximum Gasteiger partial charge on any atom is 0.0826 e. The predicted molar refractivity (Wildman–Crippen MR) is 113 cm³/mol. The Hall–Kier alpha value is -1.46. The number of unbranched alkanes of at least 4 members (excludes halogenated alkanes) is 4. The summed E-state index contributed by atoms with van der Waals surface area (Å²) in [6, 6.07) is 10.9. The number of rotatable bonds is 6. The highest BCUT2D eigenvalue weighted by molar-refractivity contribution is 5.46. The summed E-state index contributed by atoms with van der Waals surface area (Å²) in [6.45, 7) is 6.84. The van der Waals surface area contributed by atoms with E-state index in [1.807, 2.05) is 0 Å². The normalized spacial score (nSPS) is 20.4. The highest BCUT2D eigenvalue weighted by atomic mass is 15.3. The van der Waals surface area contributed by atoms with Gasteiger partial charge >= 0.3 is 0 Å². The van der Waals surface area contributed by atoms with Crippen LogP contribution in [-0.4, -0.2) is 36.6 Å². The Balaban J connectivity index is 1.59. The molecule has 0 N–H and O–H groups in total. The third-order valence-corrected chi connectivity index (χ3v) is 6.16. The summed E-state index contributed by atoms with van der Waals surface area (Å²) in [5.41, 5.74) is 1.54. The second-order valence-corrected chi connectivity index (χ2v) is 8.01. The number of para-hydroxylation sites is 1. The molecular formula is C24H36N2. The van der Waals surface area contributed by atoms with Gasteiger partial charge in [-0.25, -0.2) is 0 Å². The van der Waals surface area contributed by atoms with Gasteiger partial charge in [-0.1, -0.05) is 69.6 Å². The monoisotopic (exact) mass is 352 g/mol. The smallest absolute Gasteiger partial charge is 0.0826 e. The van der Waals surface area contributed by atoms with Crippen molar-refractivity contribution in [1.29, 1.82) is 0 Å². The van der Waals surface area contributed by atoms with Gasteiger partial charge in [-0.05, 0) is 31.4 Å². The molecular weight excluding hydrogens is 316 g/mol. The molecule has 0 atom stereocenters. The molecule has 0 radical (unpaired) electrons. The average Bonchev–Trinajstić information content (AvgIpc) is 2.72. The minimum Gasteiger partial charge on any atom is -0.369 e. The number of benzene rings is 1. The van der Waals surface area contributed by atoms with E-state index in [1.165, 1.54) is 63.5 Å². The quantitative estimate of drug-likeness (QED) is 0.494. The van der Waals surface area contributed by atoms with Gasteiger partial charge in [0.15, 0.2) is 0 Å². The zero-order valence-electron chi connectivity index (χ0n) is 16.7. The van der Waals surface area contributed by atoms with E-state index in [4.69, 9.17) is 0 Å². The number of piperazine rings is 1. The fourth-order valence-electron chi connectivity index (χ4n) is 4.56. The summed E-state index contributed by atoms with van der Waals surface area (Å²) in [4.78, 5) is 5.26. The zero-order chi connectivity index (χ0) is 18.1. The van der Waals surface area contributed by atoms with Gasteiger partial charge in [0.25, 0.3) is 0 Å². The standard InChI is InChI=1S/C24H36N2/c1-2-3-4-5-6-11-16-24(17-12-8-13-18-24)26-21-19-25(20-22-26)23-14-9-7-10-15-23/h7,9-10,14-15H,2-6,8,12-13,17-22H2,1H3. The second-order valence-electron chi connectivity index (χ2n) is 8.01. The summed E-state index contributed by atoms with van der Waals surface area (Å²) in [7, 11) is 0. The first-order valence-corrected chi connectivity index (χ1v) is 10.9. The molecule has 1 saturated heterocycles. The van der Waals surface area contributed by atoms with Crippen molar-refractivity contribution in [1.82, 2.24) is 4.90 Å². The minimum atomic E-state index is 0.172. The van der Waals surface area contributed by atoms with E-state index in [0.717, 1.165) is 32.6 Å². The van der Waals surface area contributed by atoms with Crippen LogP contribution in [-0.2, 0) is 0 Å². The van der Waals surface area contributed by atoms with Crippen LogP contribution in [0.3, 0.4) is 0 Å². The number of hydrogen-bond donors (Lipinski definition) is 0. The largest absolute Gasteiger partial charge is 0.369 e. The van der Waals surface area contributed by atoms with Crippen LogP contribution < -0.4 is 4.90 Å². The molecule has 2 nitrogen and oxygen atoms in total. The summed E-state index contributed by atoms with van der Waals surface area (Å²) in [5, 5.41) is 0. The molecule has 1 heterocycles. The van der Waals surface area contributed by atoms with Crippen molar-refractivity contribution in [3.8, 4) is 11.8 Å². The fraction of sp³-hybridized carbons (Fsp3) is 0.667. The molecule has 3 rings (SSSR count). The predicted octanol–water partition coefficient (Wildman–Crippen LogP) is 5.49. The molecule has 2 heteroatoms. The summed E-state index contributed by atoms with van der Waals surface area (Å²) >= 11 is 0. The Morgan fingerprint density at radius 3 is 2.31 bits per heavy atom. The Labute approximate surface area is 161 Å². The molecule has 2 fully saturated rings. The van der Waals surface area contributed by atoms with E-state index >= 15 is 0 Å². The second kappa shape index (κ2) is 10.0. The Morgan fingerprint density at radius 2 is 1.62 bits per heavy atom. The van der Waals surface area contributed by atoms with Crippen molar-refractivity contribution < 1.29 is 0 Å². The van der Waals surface area contributed by atoms with Gasteiger partial charge in [-0.3, -0.25) is 4.90 Å². The van der Waals surface area contributed by atoms with E-state index in [1.54, 1.807) is 0 Å². The van der Waals surface area contributed by atoms with Crippen molar-refractivity contribution in [2.45, 2.75) is 76.7 Å². The SMILES string of the molecule is CCCCCCC#CC1(N2CCN(c3ccccc3)CC2)CCCCC1. The summed E-state index contributed by atoms with van der Waals surface area (Å²) < 4.78 is 0. The van der Waals surface area contributed by atoms with Crippen LogP contribution in [0.2, 0.25) is 0 Å². The summed E-state index contributed by atoms with van der Waals surface area (Å²) in [5.74, 6) is 7.38. The van der Waals surface area contributed by atoms with Gasteiger partial charge in [-0.2, -0.15) is 0 Å². The van der Waals surface area contributed by atoms with Crippen LogP contribution in [0.5, 0.6) is 0 Å². The molecule has 0 unspecified atom stereocenters. The molecule has 2 aliphatic rings. The maximum atomic E-state index is 3.79. The Morgan fingerprint density at radius 1 is 0.885 bits per heavy atom. The van der Waals surface area contributed by atoms with E-state index < -0.39 is 0 Å². The third-order valence-electron chi connectivity index (χ3n) is 6.16. The lowest BCUT2D eigenvalue weighted by Crippen LogP contribution is -2.57. The Kier molecular flexibility index (Phi) is 7.44. The van der Waals surface area contributed by atoms with Crippen molar-refractivity contribution in [2.24, 2.45) is 0 Å². The van der Waals surface area contributed by atoms with Crippen LogP contribution in [0.25, 0.3) is 0 Å². The van der Waals surface area contributed by atoms with Crippen LogP contribution in [0.4, 0.5) is 5.69 Å². The lowest BCUT2D eigenvalue weighted by atomic mass is 9.80. The third kappa shape index (κ3) is 5.04. The van der Waals surface area contributed by atoms with Gasteiger partial charge < -0.3 is 4.90 Å².